The minimum atomic E-state index is -3.58. The van der Waals surface area contributed by atoms with Crippen molar-refractivity contribution in [3.8, 4) is 0 Å². The number of aromatic nitrogens is 3. The van der Waals surface area contributed by atoms with Gasteiger partial charge in [-0.05, 0) is 43.7 Å². The molecule has 2 aromatic carbocycles. The van der Waals surface area contributed by atoms with Crippen LogP contribution in [0.4, 0.5) is 5.69 Å². The average Bonchev–Trinajstić information content (AvgIpc) is 3.08. The lowest BCUT2D eigenvalue weighted by atomic mass is 10.2. The summed E-state index contributed by atoms with van der Waals surface area (Å²) >= 11 is 1.20. The number of benzene rings is 2. The van der Waals surface area contributed by atoms with Crippen LogP contribution < -0.4 is 5.32 Å². The highest BCUT2D eigenvalue weighted by Crippen LogP contribution is 2.22. The van der Waals surface area contributed by atoms with Gasteiger partial charge in [-0.15, -0.1) is 16.8 Å². The van der Waals surface area contributed by atoms with Gasteiger partial charge in [0.15, 0.2) is 15.0 Å². The van der Waals surface area contributed by atoms with Gasteiger partial charge >= 0.3 is 0 Å². The van der Waals surface area contributed by atoms with Crippen LogP contribution in [-0.4, -0.2) is 34.8 Å². The summed E-state index contributed by atoms with van der Waals surface area (Å²) < 4.78 is 27.3. The zero-order valence-electron chi connectivity index (χ0n) is 17.4. The molecule has 0 saturated heterocycles. The number of nitrogens with one attached hydrogen (secondary N) is 1. The van der Waals surface area contributed by atoms with Crippen LogP contribution in [0.3, 0.4) is 0 Å². The van der Waals surface area contributed by atoms with Crippen LogP contribution >= 0.6 is 11.8 Å². The Labute approximate surface area is 186 Å². The Hall–Kier alpha value is -2.91. The molecule has 1 aromatic heterocycles. The van der Waals surface area contributed by atoms with Crippen molar-refractivity contribution in [2.45, 2.75) is 36.2 Å². The standard InChI is InChI=1S/C22H24N4O3S2/c1-4-12-26-20(15-31(28,29)19-10-8-16(2)9-11-19)24-25-22(26)30-14-21(27)23-18-7-5-6-17(3)13-18/h4-11,13H,1,12,14-15H2,2-3H3,(H,23,27). The van der Waals surface area contributed by atoms with E-state index in [1.54, 1.807) is 34.9 Å². The monoisotopic (exact) mass is 456 g/mol. The van der Waals surface area contributed by atoms with Crippen molar-refractivity contribution in [3.63, 3.8) is 0 Å². The average molecular weight is 457 g/mol. The molecule has 0 bridgehead atoms. The van der Waals surface area contributed by atoms with Crippen LogP contribution in [0.25, 0.3) is 0 Å². The number of hydrogen-bond acceptors (Lipinski definition) is 6. The van der Waals surface area contributed by atoms with Crippen molar-refractivity contribution in [2.24, 2.45) is 0 Å². The van der Waals surface area contributed by atoms with Crippen molar-refractivity contribution in [2.75, 3.05) is 11.1 Å². The second kappa shape index (κ2) is 9.93. The van der Waals surface area contributed by atoms with E-state index in [9.17, 15) is 13.2 Å². The summed E-state index contributed by atoms with van der Waals surface area (Å²) in [5, 5.41) is 11.5. The van der Waals surface area contributed by atoms with E-state index >= 15 is 0 Å². The Morgan fingerprint density at radius 2 is 1.87 bits per heavy atom. The van der Waals surface area contributed by atoms with Crippen molar-refractivity contribution in [1.29, 1.82) is 0 Å². The number of allylic oxidation sites excluding steroid dienone is 1. The molecule has 0 aliphatic carbocycles. The molecule has 7 nitrogen and oxygen atoms in total. The SMILES string of the molecule is C=CCn1c(CS(=O)(=O)c2ccc(C)cc2)nnc1SCC(=O)Nc1cccc(C)c1. The lowest BCUT2D eigenvalue weighted by Crippen LogP contribution is -2.15. The summed E-state index contributed by atoms with van der Waals surface area (Å²) in [5.74, 6) is -0.0411. The third kappa shape index (κ3) is 6.05. The molecule has 0 fully saturated rings. The Bertz CT molecular complexity index is 1190. The first-order valence-electron chi connectivity index (χ1n) is 9.60. The van der Waals surface area contributed by atoms with Gasteiger partial charge in [0.2, 0.25) is 5.91 Å². The number of anilines is 1. The maximum absolute atomic E-state index is 12.8. The maximum atomic E-state index is 12.8. The van der Waals surface area contributed by atoms with E-state index in [1.807, 2.05) is 38.1 Å². The highest BCUT2D eigenvalue weighted by molar-refractivity contribution is 7.99. The highest BCUT2D eigenvalue weighted by Gasteiger charge is 2.21. The summed E-state index contributed by atoms with van der Waals surface area (Å²) in [6.45, 7) is 7.92. The zero-order valence-corrected chi connectivity index (χ0v) is 19.0. The summed E-state index contributed by atoms with van der Waals surface area (Å²) in [6.07, 6.45) is 1.64. The summed E-state index contributed by atoms with van der Waals surface area (Å²) in [4.78, 5) is 12.5. The molecule has 3 aromatic rings. The predicted octanol–water partition coefficient (Wildman–Crippen LogP) is 3.79. The Morgan fingerprint density at radius 3 is 2.55 bits per heavy atom. The van der Waals surface area contributed by atoms with Gasteiger partial charge in [0, 0.05) is 12.2 Å². The number of amides is 1. The number of rotatable bonds is 9. The molecule has 0 radical (unpaired) electrons. The topological polar surface area (TPSA) is 93.9 Å². The number of hydrogen-bond donors (Lipinski definition) is 1. The molecule has 3 rings (SSSR count). The number of nitrogens with zero attached hydrogens (tertiary/aromatic N) is 3. The van der Waals surface area contributed by atoms with E-state index in [0.29, 0.717) is 17.5 Å². The molecule has 0 atom stereocenters. The molecule has 31 heavy (non-hydrogen) atoms. The van der Waals surface area contributed by atoms with Crippen LogP contribution in [0.1, 0.15) is 17.0 Å². The first-order chi connectivity index (χ1) is 14.8. The van der Waals surface area contributed by atoms with Crippen molar-refractivity contribution >= 4 is 33.2 Å². The van der Waals surface area contributed by atoms with E-state index in [4.69, 9.17) is 0 Å². The maximum Gasteiger partial charge on any atom is 0.234 e. The van der Waals surface area contributed by atoms with E-state index in [1.165, 1.54) is 11.8 Å². The molecule has 0 spiro atoms. The van der Waals surface area contributed by atoms with Crippen LogP contribution in [0.2, 0.25) is 0 Å². The second-order valence-electron chi connectivity index (χ2n) is 7.08. The van der Waals surface area contributed by atoms with Crippen LogP contribution in [0, 0.1) is 13.8 Å². The summed E-state index contributed by atoms with van der Waals surface area (Å²) in [5.41, 5.74) is 2.76. The fourth-order valence-corrected chi connectivity index (χ4v) is 4.93. The van der Waals surface area contributed by atoms with Crippen molar-refractivity contribution in [1.82, 2.24) is 14.8 Å². The van der Waals surface area contributed by atoms with Gasteiger partial charge in [0.25, 0.3) is 0 Å². The van der Waals surface area contributed by atoms with Crippen molar-refractivity contribution < 1.29 is 13.2 Å². The number of aryl methyl sites for hydroxylation is 2. The van der Waals surface area contributed by atoms with Gasteiger partial charge in [-0.3, -0.25) is 4.79 Å². The summed E-state index contributed by atoms with van der Waals surface area (Å²) in [6, 6.07) is 14.2. The minimum Gasteiger partial charge on any atom is -0.325 e. The fourth-order valence-electron chi connectivity index (χ4n) is 2.89. The lowest BCUT2D eigenvalue weighted by Gasteiger charge is -2.09. The number of sulfone groups is 1. The molecule has 162 valence electrons. The largest absolute Gasteiger partial charge is 0.325 e. The third-order valence-electron chi connectivity index (χ3n) is 4.44. The molecular formula is C22H24N4O3S2. The Balaban J connectivity index is 1.71. The number of thioether (sulfide) groups is 1. The molecule has 1 amide bonds. The van der Waals surface area contributed by atoms with Crippen molar-refractivity contribution in [3.05, 3.63) is 78.1 Å². The van der Waals surface area contributed by atoms with Crippen LogP contribution in [0.15, 0.2) is 71.2 Å². The highest BCUT2D eigenvalue weighted by atomic mass is 32.2. The molecule has 0 saturated carbocycles. The van der Waals surface area contributed by atoms with Gasteiger partial charge in [-0.1, -0.05) is 47.7 Å². The third-order valence-corrected chi connectivity index (χ3v) is 7.03. The lowest BCUT2D eigenvalue weighted by molar-refractivity contribution is -0.113. The molecule has 1 heterocycles. The van der Waals surface area contributed by atoms with Crippen LogP contribution in [-0.2, 0) is 26.9 Å². The molecule has 9 heteroatoms. The van der Waals surface area contributed by atoms with Crippen LogP contribution in [0.5, 0.6) is 0 Å². The summed E-state index contributed by atoms with van der Waals surface area (Å²) in [7, 11) is -3.58. The van der Waals surface area contributed by atoms with Gasteiger partial charge in [0.05, 0.1) is 10.6 Å². The Morgan fingerprint density at radius 1 is 1.13 bits per heavy atom. The predicted molar refractivity (Wildman–Crippen MR) is 123 cm³/mol. The number of carbonyl (C=O) groups excluding carboxylic acids is 1. The molecule has 0 unspecified atom stereocenters. The normalized spacial score (nSPS) is 11.3. The fraction of sp³-hybridized carbons (Fsp3) is 0.227. The van der Waals surface area contributed by atoms with Gasteiger partial charge in [0.1, 0.15) is 11.6 Å². The van der Waals surface area contributed by atoms with E-state index in [2.05, 4.69) is 22.1 Å². The molecule has 0 aliphatic heterocycles. The van der Waals surface area contributed by atoms with Gasteiger partial charge in [-0.2, -0.15) is 0 Å². The Kier molecular flexibility index (Phi) is 7.29. The number of carbonyl (C=O) groups is 1. The van der Waals surface area contributed by atoms with Gasteiger partial charge in [-0.25, -0.2) is 8.42 Å². The minimum absolute atomic E-state index is 0.119. The first kappa shape index (κ1) is 22.8. The van der Waals surface area contributed by atoms with E-state index in [-0.39, 0.29) is 22.3 Å². The quantitative estimate of drug-likeness (QED) is 0.389. The first-order valence-corrected chi connectivity index (χ1v) is 12.2. The van der Waals surface area contributed by atoms with Gasteiger partial charge < -0.3 is 9.88 Å². The molecule has 1 N–H and O–H groups in total. The zero-order chi connectivity index (χ0) is 22.4. The second-order valence-corrected chi connectivity index (χ2v) is 10.0. The molecule has 0 aliphatic rings. The smallest absolute Gasteiger partial charge is 0.234 e. The van der Waals surface area contributed by atoms with E-state index in [0.717, 1.165) is 16.8 Å². The molecular weight excluding hydrogens is 432 g/mol. The van der Waals surface area contributed by atoms with E-state index < -0.39 is 9.84 Å².